The largest absolute Gasteiger partial charge is 0.465 e. The molecule has 1 aliphatic rings. The van der Waals surface area contributed by atoms with Crippen molar-refractivity contribution in [3.8, 4) is 0 Å². The average Bonchev–Trinajstić information content (AvgIpc) is 2.94. The molecule has 1 aromatic carbocycles. The first kappa shape index (κ1) is 9.90. The lowest BCUT2D eigenvalue weighted by atomic mass is 10.1. The van der Waals surface area contributed by atoms with Gasteiger partial charge in [0.2, 0.25) is 0 Å². The SMILES string of the molecule is CN1C(=O)/C(=C\c2ccco2)c2ccccc21. The lowest BCUT2D eigenvalue weighted by molar-refractivity contribution is -0.112. The fraction of sp³-hybridized carbons (Fsp3) is 0.0714. The van der Waals surface area contributed by atoms with Crippen LogP contribution >= 0.6 is 0 Å². The maximum atomic E-state index is 12.1. The first-order chi connectivity index (χ1) is 8.27. The zero-order chi connectivity index (χ0) is 11.8. The summed E-state index contributed by atoms with van der Waals surface area (Å²) in [6.07, 6.45) is 3.38. The van der Waals surface area contributed by atoms with Gasteiger partial charge in [0.05, 0.1) is 17.5 Å². The van der Waals surface area contributed by atoms with Crippen LogP contribution < -0.4 is 4.90 Å². The number of hydrogen-bond acceptors (Lipinski definition) is 2. The van der Waals surface area contributed by atoms with E-state index in [1.165, 1.54) is 0 Å². The Bertz CT molecular complexity index is 596. The predicted octanol–water partition coefficient (Wildman–Crippen LogP) is 2.80. The lowest BCUT2D eigenvalue weighted by Crippen LogP contribution is -2.20. The molecule has 1 aliphatic heterocycles. The maximum Gasteiger partial charge on any atom is 0.258 e. The van der Waals surface area contributed by atoms with Gasteiger partial charge >= 0.3 is 0 Å². The highest BCUT2D eigenvalue weighted by Crippen LogP contribution is 2.36. The number of furan rings is 1. The fourth-order valence-corrected chi connectivity index (χ4v) is 2.05. The van der Waals surface area contributed by atoms with Crippen LogP contribution in [0.5, 0.6) is 0 Å². The number of hydrogen-bond donors (Lipinski definition) is 0. The molecule has 3 nitrogen and oxygen atoms in total. The number of anilines is 1. The Hall–Kier alpha value is -2.29. The van der Waals surface area contributed by atoms with Gasteiger partial charge in [0, 0.05) is 12.6 Å². The van der Waals surface area contributed by atoms with E-state index in [1.54, 1.807) is 30.4 Å². The molecule has 0 radical (unpaired) electrons. The molecule has 0 atom stereocenters. The van der Waals surface area contributed by atoms with Crippen LogP contribution in [0.4, 0.5) is 5.69 Å². The number of fused-ring (bicyclic) bond motifs is 1. The molecule has 3 rings (SSSR count). The predicted molar refractivity (Wildman–Crippen MR) is 66.4 cm³/mol. The fourth-order valence-electron chi connectivity index (χ4n) is 2.05. The van der Waals surface area contributed by atoms with Crippen molar-refractivity contribution in [1.29, 1.82) is 0 Å². The minimum atomic E-state index is 0.00241. The molecule has 0 fully saturated rings. The van der Waals surface area contributed by atoms with Crippen molar-refractivity contribution in [2.45, 2.75) is 0 Å². The molecule has 17 heavy (non-hydrogen) atoms. The van der Waals surface area contributed by atoms with Crippen LogP contribution in [0.2, 0.25) is 0 Å². The van der Waals surface area contributed by atoms with Gasteiger partial charge in [0.15, 0.2) is 0 Å². The van der Waals surface area contributed by atoms with Crippen molar-refractivity contribution < 1.29 is 9.21 Å². The van der Waals surface area contributed by atoms with Crippen LogP contribution in [0.25, 0.3) is 11.6 Å². The molecular formula is C14H11NO2. The molecule has 84 valence electrons. The molecular weight excluding hydrogens is 214 g/mol. The van der Waals surface area contributed by atoms with Gasteiger partial charge in [-0.25, -0.2) is 0 Å². The number of benzene rings is 1. The van der Waals surface area contributed by atoms with E-state index >= 15 is 0 Å². The van der Waals surface area contributed by atoms with Crippen LogP contribution in [0.3, 0.4) is 0 Å². The third kappa shape index (κ3) is 1.47. The van der Waals surface area contributed by atoms with Crippen molar-refractivity contribution in [3.63, 3.8) is 0 Å². The van der Waals surface area contributed by atoms with Crippen molar-refractivity contribution >= 4 is 23.2 Å². The average molecular weight is 225 g/mol. The van der Waals surface area contributed by atoms with Gasteiger partial charge in [0.25, 0.3) is 5.91 Å². The topological polar surface area (TPSA) is 33.5 Å². The third-order valence-electron chi connectivity index (χ3n) is 2.92. The lowest BCUT2D eigenvalue weighted by Gasteiger charge is -2.07. The van der Waals surface area contributed by atoms with Crippen molar-refractivity contribution in [3.05, 3.63) is 54.0 Å². The monoisotopic (exact) mass is 225 g/mol. The van der Waals surface area contributed by atoms with Crippen LogP contribution in [0.15, 0.2) is 47.1 Å². The Labute approximate surface area is 99.0 Å². The second-order valence-electron chi connectivity index (χ2n) is 3.95. The minimum absolute atomic E-state index is 0.00241. The van der Waals surface area contributed by atoms with E-state index in [9.17, 15) is 4.79 Å². The molecule has 1 amide bonds. The summed E-state index contributed by atoms with van der Waals surface area (Å²) in [4.78, 5) is 13.8. The number of para-hydroxylation sites is 1. The van der Waals surface area contributed by atoms with Gasteiger partial charge in [-0.3, -0.25) is 4.79 Å². The summed E-state index contributed by atoms with van der Waals surface area (Å²) in [6, 6.07) is 11.4. The summed E-state index contributed by atoms with van der Waals surface area (Å²) in [5, 5.41) is 0. The Morgan fingerprint density at radius 1 is 1.18 bits per heavy atom. The standard InChI is InChI=1S/C14H11NO2/c1-15-13-7-3-2-6-11(13)12(14(15)16)9-10-5-4-8-17-10/h2-9H,1H3/b12-9-. The van der Waals surface area contributed by atoms with Crippen LogP contribution in [0, 0.1) is 0 Å². The van der Waals surface area contributed by atoms with Crippen LogP contribution in [-0.2, 0) is 4.79 Å². The molecule has 0 bridgehead atoms. The second kappa shape index (κ2) is 3.63. The smallest absolute Gasteiger partial charge is 0.258 e. The number of carbonyl (C=O) groups is 1. The number of likely N-dealkylation sites (N-methyl/N-ethyl adjacent to an activating group) is 1. The molecule has 2 aromatic rings. The summed E-state index contributed by atoms with van der Waals surface area (Å²) in [7, 11) is 1.78. The summed E-state index contributed by atoms with van der Waals surface area (Å²) in [6.45, 7) is 0. The van der Waals surface area contributed by atoms with E-state index in [1.807, 2.05) is 30.3 Å². The van der Waals surface area contributed by atoms with Gasteiger partial charge in [-0.2, -0.15) is 0 Å². The number of nitrogens with zero attached hydrogens (tertiary/aromatic N) is 1. The molecule has 0 aliphatic carbocycles. The van der Waals surface area contributed by atoms with Gasteiger partial charge < -0.3 is 9.32 Å². The second-order valence-corrected chi connectivity index (χ2v) is 3.95. The van der Waals surface area contributed by atoms with E-state index in [0.29, 0.717) is 11.3 Å². The molecule has 0 saturated carbocycles. The van der Waals surface area contributed by atoms with Crippen molar-refractivity contribution in [2.75, 3.05) is 11.9 Å². The van der Waals surface area contributed by atoms with E-state index in [0.717, 1.165) is 11.3 Å². The van der Waals surface area contributed by atoms with E-state index in [-0.39, 0.29) is 5.91 Å². The Morgan fingerprint density at radius 3 is 2.76 bits per heavy atom. The zero-order valence-electron chi connectivity index (χ0n) is 9.38. The highest BCUT2D eigenvalue weighted by atomic mass is 16.3. The Kier molecular flexibility index (Phi) is 2.11. The van der Waals surface area contributed by atoms with Crippen LogP contribution in [0.1, 0.15) is 11.3 Å². The minimum Gasteiger partial charge on any atom is -0.465 e. The molecule has 1 aromatic heterocycles. The quantitative estimate of drug-likeness (QED) is 0.699. The first-order valence-electron chi connectivity index (χ1n) is 5.40. The Balaban J connectivity index is 2.16. The number of amides is 1. The van der Waals surface area contributed by atoms with Crippen LogP contribution in [-0.4, -0.2) is 13.0 Å². The molecule has 0 N–H and O–H groups in total. The number of rotatable bonds is 1. The molecule has 2 heterocycles. The van der Waals surface area contributed by atoms with Gasteiger partial charge in [0.1, 0.15) is 5.76 Å². The summed E-state index contributed by atoms with van der Waals surface area (Å²) >= 11 is 0. The molecule has 0 unspecified atom stereocenters. The summed E-state index contributed by atoms with van der Waals surface area (Å²) in [5.74, 6) is 0.695. The van der Waals surface area contributed by atoms with Crippen molar-refractivity contribution in [2.24, 2.45) is 0 Å². The van der Waals surface area contributed by atoms with E-state index in [2.05, 4.69) is 0 Å². The zero-order valence-corrected chi connectivity index (χ0v) is 9.38. The van der Waals surface area contributed by atoms with Gasteiger partial charge in [-0.1, -0.05) is 18.2 Å². The highest BCUT2D eigenvalue weighted by Gasteiger charge is 2.29. The van der Waals surface area contributed by atoms with Crippen molar-refractivity contribution in [1.82, 2.24) is 0 Å². The highest BCUT2D eigenvalue weighted by molar-refractivity contribution is 6.35. The van der Waals surface area contributed by atoms with Gasteiger partial charge in [-0.15, -0.1) is 0 Å². The van der Waals surface area contributed by atoms with Gasteiger partial charge in [-0.05, 0) is 24.3 Å². The maximum absolute atomic E-state index is 12.1. The first-order valence-corrected chi connectivity index (χ1v) is 5.40. The van der Waals surface area contributed by atoms with E-state index < -0.39 is 0 Å². The summed E-state index contributed by atoms with van der Waals surface area (Å²) in [5.41, 5.74) is 2.57. The van der Waals surface area contributed by atoms with E-state index in [4.69, 9.17) is 4.42 Å². The third-order valence-corrected chi connectivity index (χ3v) is 2.92. The normalized spacial score (nSPS) is 16.6. The molecule has 0 saturated heterocycles. The Morgan fingerprint density at radius 2 is 2.00 bits per heavy atom. The number of carbonyl (C=O) groups excluding carboxylic acids is 1. The molecule has 0 spiro atoms. The molecule has 3 heteroatoms. The summed E-state index contributed by atoms with van der Waals surface area (Å²) < 4.78 is 5.25.